The summed E-state index contributed by atoms with van der Waals surface area (Å²) in [4.78, 5) is 26.2. The highest BCUT2D eigenvalue weighted by atomic mass is 32.2. The van der Waals surface area contributed by atoms with Gasteiger partial charge >= 0.3 is 0 Å². The fraction of sp³-hybridized carbons (Fsp3) is 0.0556. The van der Waals surface area contributed by atoms with Crippen LogP contribution in [0.25, 0.3) is 6.08 Å². The van der Waals surface area contributed by atoms with Crippen LogP contribution in [-0.2, 0) is 9.59 Å². The summed E-state index contributed by atoms with van der Waals surface area (Å²) < 4.78 is 13.5. The zero-order chi connectivity index (χ0) is 18.7. The summed E-state index contributed by atoms with van der Waals surface area (Å²) in [6.07, 6.45) is 1.54. The smallest absolute Gasteiger partial charge is 0.266 e. The highest BCUT2D eigenvalue weighted by Crippen LogP contribution is 2.32. The van der Waals surface area contributed by atoms with E-state index in [4.69, 9.17) is 12.2 Å². The van der Waals surface area contributed by atoms with Crippen molar-refractivity contribution < 1.29 is 19.1 Å². The minimum Gasteiger partial charge on any atom is -0.508 e. The number of phenolic OH excluding ortho intramolecular Hbond substituents is 1. The van der Waals surface area contributed by atoms with Gasteiger partial charge in [-0.2, -0.15) is 0 Å². The summed E-state index contributed by atoms with van der Waals surface area (Å²) in [6, 6.07) is 11.8. The third-order valence-electron chi connectivity index (χ3n) is 3.47. The third-order valence-corrected chi connectivity index (χ3v) is 4.85. The molecule has 5 nitrogen and oxygen atoms in total. The number of phenols is 1. The van der Waals surface area contributed by atoms with Gasteiger partial charge in [-0.3, -0.25) is 14.5 Å². The Morgan fingerprint density at radius 1 is 1.27 bits per heavy atom. The molecule has 1 saturated heterocycles. The molecule has 132 valence electrons. The van der Waals surface area contributed by atoms with Crippen molar-refractivity contribution >= 4 is 51.9 Å². The first-order chi connectivity index (χ1) is 12.4. The molecule has 1 aliphatic rings. The molecule has 0 bridgehead atoms. The molecule has 2 aromatic rings. The molecule has 8 heteroatoms. The number of hydrogen-bond donors (Lipinski definition) is 2. The van der Waals surface area contributed by atoms with Crippen molar-refractivity contribution in [2.24, 2.45) is 0 Å². The second-order valence-electron chi connectivity index (χ2n) is 5.42. The molecule has 26 heavy (non-hydrogen) atoms. The van der Waals surface area contributed by atoms with E-state index in [1.54, 1.807) is 30.3 Å². The molecule has 1 heterocycles. The molecule has 2 aromatic carbocycles. The summed E-state index contributed by atoms with van der Waals surface area (Å²) in [7, 11) is 0. The number of halogens is 1. The van der Waals surface area contributed by atoms with Gasteiger partial charge in [-0.05, 0) is 48.0 Å². The number of anilines is 1. The number of aromatic hydroxyl groups is 1. The molecular formula is C18H13FN2O3S2. The van der Waals surface area contributed by atoms with Crippen molar-refractivity contribution in [2.75, 3.05) is 11.9 Å². The van der Waals surface area contributed by atoms with Crippen molar-refractivity contribution in [3.8, 4) is 5.75 Å². The van der Waals surface area contributed by atoms with Crippen LogP contribution in [0.15, 0.2) is 53.4 Å². The molecule has 1 aliphatic heterocycles. The largest absolute Gasteiger partial charge is 0.508 e. The first-order valence-corrected chi connectivity index (χ1v) is 8.75. The zero-order valence-corrected chi connectivity index (χ0v) is 14.9. The van der Waals surface area contributed by atoms with Gasteiger partial charge in [-0.25, -0.2) is 4.39 Å². The zero-order valence-electron chi connectivity index (χ0n) is 13.3. The second kappa shape index (κ2) is 7.67. The van der Waals surface area contributed by atoms with Crippen molar-refractivity contribution in [1.82, 2.24) is 4.90 Å². The average molecular weight is 388 g/mol. The van der Waals surface area contributed by atoms with Gasteiger partial charge in [0, 0.05) is 5.69 Å². The number of nitrogens with zero attached hydrogens (tertiary/aromatic N) is 1. The molecule has 0 spiro atoms. The monoisotopic (exact) mass is 388 g/mol. The van der Waals surface area contributed by atoms with E-state index in [9.17, 15) is 19.1 Å². The van der Waals surface area contributed by atoms with Gasteiger partial charge < -0.3 is 10.4 Å². The number of rotatable bonds is 4. The number of thiocarbonyl (C=S) groups is 1. The minimum atomic E-state index is -0.418. The number of hydrogen-bond acceptors (Lipinski definition) is 5. The quantitative estimate of drug-likeness (QED) is 0.477. The van der Waals surface area contributed by atoms with E-state index in [-0.39, 0.29) is 16.6 Å². The van der Waals surface area contributed by atoms with Crippen LogP contribution in [-0.4, -0.2) is 32.7 Å². The number of carbonyl (C=O) groups is 2. The molecule has 0 radical (unpaired) electrons. The Balaban J connectivity index is 1.69. The summed E-state index contributed by atoms with van der Waals surface area (Å²) >= 11 is 6.24. The van der Waals surface area contributed by atoms with E-state index in [0.717, 1.165) is 11.8 Å². The van der Waals surface area contributed by atoms with Gasteiger partial charge in [0.15, 0.2) is 0 Å². The van der Waals surface area contributed by atoms with Crippen LogP contribution in [0, 0.1) is 5.82 Å². The lowest BCUT2D eigenvalue weighted by Gasteiger charge is -2.14. The van der Waals surface area contributed by atoms with Crippen LogP contribution in [0.4, 0.5) is 10.1 Å². The SMILES string of the molecule is O=C(CN1C(=O)C(=Cc2cccc(F)c2)SC1=S)Nc1ccc(O)cc1. The molecule has 1 fully saturated rings. The topological polar surface area (TPSA) is 69.6 Å². The van der Waals surface area contributed by atoms with E-state index in [0.29, 0.717) is 16.2 Å². The van der Waals surface area contributed by atoms with Crippen molar-refractivity contribution in [3.05, 3.63) is 64.8 Å². The summed E-state index contributed by atoms with van der Waals surface area (Å²) in [5.74, 6) is -1.13. The van der Waals surface area contributed by atoms with Crippen LogP contribution in [0.5, 0.6) is 5.75 Å². The van der Waals surface area contributed by atoms with Crippen LogP contribution in [0.1, 0.15) is 5.56 Å². The first-order valence-electron chi connectivity index (χ1n) is 7.52. The maximum absolute atomic E-state index is 13.3. The van der Waals surface area contributed by atoms with Crippen molar-refractivity contribution in [2.45, 2.75) is 0 Å². The molecule has 2 amide bonds. The normalized spacial score (nSPS) is 15.6. The Hall–Kier alpha value is -2.71. The van der Waals surface area contributed by atoms with Gasteiger partial charge in [0.05, 0.1) is 4.91 Å². The number of thioether (sulfide) groups is 1. The average Bonchev–Trinajstić information content (AvgIpc) is 2.84. The lowest BCUT2D eigenvalue weighted by Crippen LogP contribution is -2.36. The lowest BCUT2D eigenvalue weighted by molar-refractivity contribution is -0.126. The lowest BCUT2D eigenvalue weighted by atomic mass is 10.2. The number of carbonyl (C=O) groups excluding carboxylic acids is 2. The molecule has 2 N–H and O–H groups in total. The Labute approximate surface area is 158 Å². The van der Waals surface area contributed by atoms with Gasteiger partial charge in [0.2, 0.25) is 5.91 Å². The number of amides is 2. The Morgan fingerprint density at radius 2 is 2.00 bits per heavy atom. The fourth-order valence-corrected chi connectivity index (χ4v) is 3.53. The fourth-order valence-electron chi connectivity index (χ4n) is 2.27. The molecule has 3 rings (SSSR count). The van der Waals surface area contributed by atoms with E-state index >= 15 is 0 Å². The van der Waals surface area contributed by atoms with Gasteiger partial charge in [0.1, 0.15) is 22.4 Å². The maximum atomic E-state index is 13.3. The van der Waals surface area contributed by atoms with Crippen LogP contribution in [0.2, 0.25) is 0 Å². The van der Waals surface area contributed by atoms with E-state index in [2.05, 4.69) is 5.32 Å². The van der Waals surface area contributed by atoms with Crippen LogP contribution in [0.3, 0.4) is 0 Å². The molecular weight excluding hydrogens is 375 g/mol. The van der Waals surface area contributed by atoms with Crippen molar-refractivity contribution in [3.63, 3.8) is 0 Å². The molecule has 0 unspecified atom stereocenters. The minimum absolute atomic E-state index is 0.0856. The highest BCUT2D eigenvalue weighted by molar-refractivity contribution is 8.26. The van der Waals surface area contributed by atoms with Gasteiger partial charge in [-0.1, -0.05) is 36.1 Å². The molecule has 0 aromatic heterocycles. The first kappa shape index (κ1) is 18.1. The Bertz CT molecular complexity index is 913. The summed E-state index contributed by atoms with van der Waals surface area (Å²) in [5, 5.41) is 11.9. The maximum Gasteiger partial charge on any atom is 0.266 e. The number of nitrogens with one attached hydrogen (secondary N) is 1. The predicted octanol–water partition coefficient (Wildman–Crippen LogP) is 3.37. The van der Waals surface area contributed by atoms with E-state index in [1.807, 2.05) is 0 Å². The predicted molar refractivity (Wildman–Crippen MR) is 103 cm³/mol. The Morgan fingerprint density at radius 3 is 2.69 bits per heavy atom. The van der Waals surface area contributed by atoms with Gasteiger partial charge in [0.25, 0.3) is 5.91 Å². The third kappa shape index (κ3) is 4.27. The van der Waals surface area contributed by atoms with E-state index in [1.165, 1.54) is 29.2 Å². The van der Waals surface area contributed by atoms with Crippen LogP contribution < -0.4 is 5.32 Å². The van der Waals surface area contributed by atoms with E-state index < -0.39 is 17.6 Å². The van der Waals surface area contributed by atoms with Crippen LogP contribution >= 0.6 is 24.0 Å². The van der Waals surface area contributed by atoms with Gasteiger partial charge in [-0.15, -0.1) is 0 Å². The number of benzene rings is 2. The second-order valence-corrected chi connectivity index (χ2v) is 7.09. The Kier molecular flexibility index (Phi) is 5.34. The molecule has 0 aliphatic carbocycles. The standard InChI is InChI=1S/C18H13FN2O3S2/c19-12-3-1-2-11(8-12)9-15-17(24)21(18(25)26-15)10-16(23)20-13-4-6-14(22)7-5-13/h1-9,22H,10H2,(H,20,23). The van der Waals surface area contributed by atoms with Crippen molar-refractivity contribution in [1.29, 1.82) is 0 Å². The summed E-state index contributed by atoms with van der Waals surface area (Å²) in [6.45, 7) is -0.230. The molecule has 0 atom stereocenters. The highest BCUT2D eigenvalue weighted by Gasteiger charge is 2.33. The molecule has 0 saturated carbocycles. The summed E-state index contributed by atoms with van der Waals surface area (Å²) in [5.41, 5.74) is 1.03.